The Morgan fingerprint density at radius 2 is 2.11 bits per heavy atom. The van der Waals surface area contributed by atoms with E-state index in [0.717, 1.165) is 31.2 Å². The molecule has 0 atom stereocenters. The Balaban J connectivity index is 2.16. The number of nitrogens with one attached hydrogen (secondary N) is 1. The van der Waals surface area contributed by atoms with Crippen molar-refractivity contribution < 1.29 is 13.2 Å². The Labute approximate surface area is 103 Å². The lowest BCUT2D eigenvalue weighted by Crippen LogP contribution is -2.13. The summed E-state index contributed by atoms with van der Waals surface area (Å²) in [5, 5.41) is 10.5. The van der Waals surface area contributed by atoms with Crippen LogP contribution >= 0.6 is 0 Å². The zero-order chi connectivity index (χ0) is 13.0. The molecule has 1 N–H and O–H groups in total. The number of hydrogen-bond donors (Lipinski definition) is 1. The van der Waals surface area contributed by atoms with E-state index in [9.17, 15) is 8.78 Å². The van der Waals surface area contributed by atoms with Crippen LogP contribution in [0.2, 0.25) is 0 Å². The lowest BCUT2D eigenvalue weighted by Gasteiger charge is -1.98. The van der Waals surface area contributed by atoms with E-state index >= 15 is 0 Å². The SMILES string of the molecule is CCCNCc1nnc(-c2cc(F)ccc2F)o1. The van der Waals surface area contributed by atoms with Gasteiger partial charge >= 0.3 is 0 Å². The normalized spacial score (nSPS) is 10.8. The summed E-state index contributed by atoms with van der Waals surface area (Å²) in [7, 11) is 0. The van der Waals surface area contributed by atoms with Crippen LogP contribution in [-0.4, -0.2) is 16.7 Å². The molecule has 0 aliphatic heterocycles. The molecule has 2 rings (SSSR count). The van der Waals surface area contributed by atoms with Gasteiger partial charge in [-0.2, -0.15) is 0 Å². The average molecular weight is 253 g/mol. The molecule has 0 aliphatic rings. The molecular weight excluding hydrogens is 240 g/mol. The molecule has 0 radical (unpaired) electrons. The van der Waals surface area contributed by atoms with Crippen molar-refractivity contribution in [1.82, 2.24) is 15.5 Å². The molecule has 1 aromatic heterocycles. The van der Waals surface area contributed by atoms with Crippen molar-refractivity contribution in [2.24, 2.45) is 0 Å². The van der Waals surface area contributed by atoms with E-state index in [1.807, 2.05) is 6.92 Å². The predicted molar refractivity (Wildman–Crippen MR) is 61.6 cm³/mol. The van der Waals surface area contributed by atoms with Crippen molar-refractivity contribution in [1.29, 1.82) is 0 Å². The van der Waals surface area contributed by atoms with Gasteiger partial charge in [-0.25, -0.2) is 8.78 Å². The third-order valence-electron chi connectivity index (χ3n) is 2.33. The number of hydrogen-bond acceptors (Lipinski definition) is 4. The lowest BCUT2D eigenvalue weighted by atomic mass is 10.2. The van der Waals surface area contributed by atoms with Gasteiger partial charge in [0.1, 0.15) is 11.6 Å². The quantitative estimate of drug-likeness (QED) is 0.832. The van der Waals surface area contributed by atoms with Gasteiger partial charge in [0.25, 0.3) is 5.89 Å². The number of rotatable bonds is 5. The molecular formula is C12H13F2N3O. The maximum Gasteiger partial charge on any atom is 0.250 e. The summed E-state index contributed by atoms with van der Waals surface area (Å²) in [5.41, 5.74) is -0.0239. The average Bonchev–Trinajstić information content (AvgIpc) is 2.81. The van der Waals surface area contributed by atoms with E-state index in [2.05, 4.69) is 15.5 Å². The molecule has 1 heterocycles. The van der Waals surface area contributed by atoms with Crippen molar-refractivity contribution in [3.05, 3.63) is 35.7 Å². The van der Waals surface area contributed by atoms with Crippen LogP contribution in [0.4, 0.5) is 8.78 Å². The second kappa shape index (κ2) is 5.68. The second-order valence-electron chi connectivity index (χ2n) is 3.80. The highest BCUT2D eigenvalue weighted by atomic mass is 19.1. The first-order valence-electron chi connectivity index (χ1n) is 5.69. The largest absolute Gasteiger partial charge is 0.419 e. The molecule has 0 bridgehead atoms. The van der Waals surface area contributed by atoms with Gasteiger partial charge in [-0.15, -0.1) is 10.2 Å². The van der Waals surface area contributed by atoms with E-state index in [-0.39, 0.29) is 11.5 Å². The topological polar surface area (TPSA) is 51.0 Å². The first-order chi connectivity index (χ1) is 8.70. The molecule has 6 heteroatoms. The lowest BCUT2D eigenvalue weighted by molar-refractivity contribution is 0.474. The fourth-order valence-electron chi connectivity index (χ4n) is 1.47. The highest BCUT2D eigenvalue weighted by molar-refractivity contribution is 5.53. The molecule has 2 aromatic rings. The maximum absolute atomic E-state index is 13.5. The highest BCUT2D eigenvalue weighted by Gasteiger charge is 2.13. The van der Waals surface area contributed by atoms with Crippen molar-refractivity contribution >= 4 is 0 Å². The number of benzene rings is 1. The van der Waals surface area contributed by atoms with Crippen molar-refractivity contribution in [3.8, 4) is 11.5 Å². The van der Waals surface area contributed by atoms with Crippen molar-refractivity contribution in [3.63, 3.8) is 0 Å². The van der Waals surface area contributed by atoms with Crippen LogP contribution in [-0.2, 0) is 6.54 Å². The zero-order valence-corrected chi connectivity index (χ0v) is 9.91. The van der Waals surface area contributed by atoms with E-state index in [1.165, 1.54) is 0 Å². The minimum atomic E-state index is -0.590. The molecule has 0 saturated heterocycles. The number of nitrogens with zero attached hydrogens (tertiary/aromatic N) is 2. The Bertz CT molecular complexity index is 528. The number of aromatic nitrogens is 2. The molecule has 18 heavy (non-hydrogen) atoms. The zero-order valence-electron chi connectivity index (χ0n) is 9.91. The molecule has 0 unspecified atom stereocenters. The van der Waals surface area contributed by atoms with E-state index in [4.69, 9.17) is 4.42 Å². The Hall–Kier alpha value is -1.82. The fraction of sp³-hybridized carbons (Fsp3) is 0.333. The third kappa shape index (κ3) is 2.89. The van der Waals surface area contributed by atoms with Crippen LogP contribution < -0.4 is 5.32 Å². The van der Waals surface area contributed by atoms with Crippen LogP contribution in [0.15, 0.2) is 22.6 Å². The smallest absolute Gasteiger partial charge is 0.250 e. The molecule has 0 spiro atoms. The van der Waals surface area contributed by atoms with Crippen LogP contribution in [0.1, 0.15) is 19.2 Å². The number of halogens is 2. The summed E-state index contributed by atoms with van der Waals surface area (Å²) in [6.45, 7) is 3.28. The van der Waals surface area contributed by atoms with Crippen LogP contribution in [0.3, 0.4) is 0 Å². The molecule has 0 fully saturated rings. The van der Waals surface area contributed by atoms with E-state index in [0.29, 0.717) is 12.4 Å². The molecule has 0 amide bonds. The van der Waals surface area contributed by atoms with Gasteiger partial charge in [0.05, 0.1) is 12.1 Å². The standard InChI is InChI=1S/C12H13F2N3O/c1-2-5-15-7-11-16-17-12(18-11)9-6-8(13)3-4-10(9)14/h3-4,6,15H,2,5,7H2,1H3. The van der Waals surface area contributed by atoms with Gasteiger partial charge in [0, 0.05) is 0 Å². The van der Waals surface area contributed by atoms with Gasteiger partial charge in [-0.1, -0.05) is 6.92 Å². The second-order valence-corrected chi connectivity index (χ2v) is 3.80. The van der Waals surface area contributed by atoms with Gasteiger partial charge in [0.2, 0.25) is 5.89 Å². The summed E-state index contributed by atoms with van der Waals surface area (Å²) < 4.78 is 31.7. The van der Waals surface area contributed by atoms with Gasteiger partial charge < -0.3 is 9.73 Å². The van der Waals surface area contributed by atoms with Gasteiger partial charge in [0.15, 0.2) is 0 Å². The van der Waals surface area contributed by atoms with E-state index in [1.54, 1.807) is 0 Å². The van der Waals surface area contributed by atoms with Gasteiger partial charge in [-0.3, -0.25) is 0 Å². The molecule has 0 saturated carbocycles. The summed E-state index contributed by atoms with van der Waals surface area (Å²) in [5.74, 6) is -0.800. The minimum Gasteiger partial charge on any atom is -0.419 e. The van der Waals surface area contributed by atoms with Gasteiger partial charge in [-0.05, 0) is 31.2 Å². The maximum atomic E-state index is 13.5. The Kier molecular flexibility index (Phi) is 3.99. The van der Waals surface area contributed by atoms with Crippen LogP contribution in [0, 0.1) is 11.6 Å². The Morgan fingerprint density at radius 1 is 1.28 bits per heavy atom. The van der Waals surface area contributed by atoms with Crippen LogP contribution in [0.5, 0.6) is 0 Å². The van der Waals surface area contributed by atoms with Crippen LogP contribution in [0.25, 0.3) is 11.5 Å². The van der Waals surface area contributed by atoms with Crippen molar-refractivity contribution in [2.45, 2.75) is 19.9 Å². The summed E-state index contributed by atoms with van der Waals surface area (Å²) >= 11 is 0. The highest BCUT2D eigenvalue weighted by Crippen LogP contribution is 2.22. The summed E-state index contributed by atoms with van der Waals surface area (Å²) in [4.78, 5) is 0. The first-order valence-corrected chi connectivity index (χ1v) is 5.69. The predicted octanol–water partition coefficient (Wildman–Crippen LogP) is 2.51. The monoisotopic (exact) mass is 253 g/mol. The minimum absolute atomic E-state index is 0.0136. The fourth-order valence-corrected chi connectivity index (χ4v) is 1.47. The summed E-state index contributed by atoms with van der Waals surface area (Å²) in [6, 6.07) is 3.11. The molecule has 0 aliphatic carbocycles. The van der Waals surface area contributed by atoms with Crippen molar-refractivity contribution in [2.75, 3.05) is 6.54 Å². The Morgan fingerprint density at radius 3 is 2.89 bits per heavy atom. The molecule has 96 valence electrons. The molecule has 1 aromatic carbocycles. The summed E-state index contributed by atoms with van der Waals surface area (Å²) in [6.07, 6.45) is 0.986. The molecule has 4 nitrogen and oxygen atoms in total. The van der Waals surface area contributed by atoms with E-state index < -0.39 is 11.6 Å². The first kappa shape index (κ1) is 12.6. The third-order valence-corrected chi connectivity index (χ3v) is 2.33.